The Hall–Kier alpha value is -3.87. The first kappa shape index (κ1) is 18.7. The molecule has 0 amide bonds. The van der Waals surface area contributed by atoms with Gasteiger partial charge < -0.3 is 18.9 Å². The maximum Gasteiger partial charge on any atom is 0.310 e. The van der Waals surface area contributed by atoms with E-state index in [2.05, 4.69) is 6.07 Å². The van der Waals surface area contributed by atoms with Gasteiger partial charge in [0.15, 0.2) is 11.5 Å². The van der Waals surface area contributed by atoms with E-state index < -0.39 is 0 Å². The van der Waals surface area contributed by atoms with Crippen molar-refractivity contribution in [1.82, 2.24) is 9.97 Å². The molecule has 3 aromatic carbocycles. The van der Waals surface area contributed by atoms with E-state index in [1.807, 2.05) is 42.5 Å². The quantitative estimate of drug-likeness (QED) is 0.344. The van der Waals surface area contributed by atoms with Crippen molar-refractivity contribution in [2.75, 3.05) is 20.5 Å². The Morgan fingerprint density at radius 3 is 2.55 bits per heavy atom. The lowest BCUT2D eigenvalue weighted by molar-refractivity contribution is -0.141. The van der Waals surface area contributed by atoms with Crippen LogP contribution in [0.5, 0.6) is 17.2 Å². The first-order chi connectivity index (χ1) is 16.2. The summed E-state index contributed by atoms with van der Waals surface area (Å²) in [7, 11) is 1.63. The Bertz CT molecular complexity index is 1470. The molecule has 1 fully saturated rings. The van der Waals surface area contributed by atoms with Crippen LogP contribution < -0.4 is 14.2 Å². The van der Waals surface area contributed by atoms with Crippen LogP contribution in [0.1, 0.15) is 22.6 Å². The average Bonchev–Trinajstić information content (AvgIpc) is 3.45. The lowest BCUT2D eigenvalue weighted by atomic mass is 9.67. The SMILES string of the molecule is COc1cc([C@@H]2c3cc4c(cc3C[C@H]3COC(=O)[C@@H]32)OCO4)cc2nc3ccccc3nc12. The van der Waals surface area contributed by atoms with Gasteiger partial charge in [0.2, 0.25) is 6.79 Å². The van der Waals surface area contributed by atoms with Crippen LogP contribution >= 0.6 is 0 Å². The Morgan fingerprint density at radius 2 is 1.73 bits per heavy atom. The predicted molar refractivity (Wildman–Crippen MR) is 120 cm³/mol. The van der Waals surface area contributed by atoms with E-state index in [0.29, 0.717) is 23.6 Å². The van der Waals surface area contributed by atoms with Gasteiger partial charge in [0, 0.05) is 11.8 Å². The molecular weight excluding hydrogens is 420 g/mol. The summed E-state index contributed by atoms with van der Waals surface area (Å²) in [5.74, 6) is 1.59. The number of carbonyl (C=O) groups excluding carboxylic acids is 1. The van der Waals surface area contributed by atoms with E-state index in [0.717, 1.165) is 45.4 Å². The second-order valence-electron chi connectivity index (χ2n) is 8.81. The lowest BCUT2D eigenvalue weighted by Crippen LogP contribution is -2.31. The molecule has 0 unspecified atom stereocenters. The van der Waals surface area contributed by atoms with Crippen LogP contribution in [0.2, 0.25) is 0 Å². The predicted octanol–water partition coefficient (Wildman–Crippen LogP) is 4.00. The number of cyclic esters (lactones) is 1. The Labute approximate surface area is 189 Å². The van der Waals surface area contributed by atoms with Crippen molar-refractivity contribution in [2.45, 2.75) is 12.3 Å². The van der Waals surface area contributed by atoms with Gasteiger partial charge >= 0.3 is 5.97 Å². The van der Waals surface area contributed by atoms with Gasteiger partial charge in [-0.25, -0.2) is 9.97 Å². The summed E-state index contributed by atoms with van der Waals surface area (Å²) in [4.78, 5) is 22.5. The molecule has 0 bridgehead atoms. The molecule has 0 saturated carbocycles. The van der Waals surface area contributed by atoms with Gasteiger partial charge in [-0.2, -0.15) is 0 Å². The minimum Gasteiger partial charge on any atom is -0.494 e. The summed E-state index contributed by atoms with van der Waals surface area (Å²) < 4.78 is 22.5. The third-order valence-electron chi connectivity index (χ3n) is 7.04. The fraction of sp³-hybridized carbons (Fsp3) is 0.269. The van der Waals surface area contributed by atoms with Crippen LogP contribution in [0.15, 0.2) is 48.5 Å². The van der Waals surface area contributed by atoms with Gasteiger partial charge in [-0.1, -0.05) is 12.1 Å². The number of hydrogen-bond acceptors (Lipinski definition) is 7. The number of rotatable bonds is 2. The van der Waals surface area contributed by atoms with Gasteiger partial charge in [0.1, 0.15) is 11.3 Å². The van der Waals surface area contributed by atoms with E-state index in [1.165, 1.54) is 0 Å². The Morgan fingerprint density at radius 1 is 0.939 bits per heavy atom. The smallest absolute Gasteiger partial charge is 0.310 e. The van der Waals surface area contributed by atoms with Crippen molar-refractivity contribution in [3.63, 3.8) is 0 Å². The molecule has 33 heavy (non-hydrogen) atoms. The minimum absolute atomic E-state index is 0.111. The monoisotopic (exact) mass is 440 g/mol. The number of methoxy groups -OCH3 is 1. The first-order valence-electron chi connectivity index (χ1n) is 11.0. The van der Waals surface area contributed by atoms with Crippen LogP contribution in [0.25, 0.3) is 22.1 Å². The molecular formula is C26H20N2O5. The van der Waals surface area contributed by atoms with Crippen molar-refractivity contribution < 1.29 is 23.7 Å². The summed E-state index contributed by atoms with van der Waals surface area (Å²) in [6.07, 6.45) is 0.772. The van der Waals surface area contributed by atoms with Crippen LogP contribution in [-0.2, 0) is 16.0 Å². The second kappa shape index (κ2) is 6.81. The normalized spacial score (nSPS) is 22.8. The lowest BCUT2D eigenvalue weighted by Gasteiger charge is -2.33. The van der Waals surface area contributed by atoms with Gasteiger partial charge in [-0.3, -0.25) is 4.79 Å². The molecule has 3 heterocycles. The molecule has 2 aliphatic heterocycles. The van der Waals surface area contributed by atoms with Crippen molar-refractivity contribution >= 4 is 28.0 Å². The highest BCUT2D eigenvalue weighted by molar-refractivity contribution is 5.90. The van der Waals surface area contributed by atoms with Crippen LogP contribution in [-0.4, -0.2) is 36.4 Å². The molecule has 164 valence electrons. The molecule has 3 aliphatic rings. The van der Waals surface area contributed by atoms with Gasteiger partial charge in [0.05, 0.1) is 36.2 Å². The summed E-state index contributed by atoms with van der Waals surface area (Å²) in [6, 6.07) is 15.9. The molecule has 3 atom stereocenters. The van der Waals surface area contributed by atoms with Crippen molar-refractivity contribution in [1.29, 1.82) is 0 Å². The highest BCUT2D eigenvalue weighted by Crippen LogP contribution is 2.51. The maximum absolute atomic E-state index is 12.9. The molecule has 1 aliphatic carbocycles. The Kier molecular flexibility index (Phi) is 3.86. The number of fused-ring (bicyclic) bond motifs is 5. The summed E-state index contributed by atoms with van der Waals surface area (Å²) in [5.41, 5.74) is 6.24. The molecule has 1 aromatic heterocycles. The zero-order valence-corrected chi connectivity index (χ0v) is 17.9. The zero-order chi connectivity index (χ0) is 22.1. The van der Waals surface area contributed by atoms with E-state index in [9.17, 15) is 4.79 Å². The van der Waals surface area contributed by atoms with Crippen LogP contribution in [0.3, 0.4) is 0 Å². The highest BCUT2D eigenvalue weighted by Gasteiger charge is 2.48. The van der Waals surface area contributed by atoms with Crippen molar-refractivity contribution in [3.8, 4) is 17.2 Å². The average molecular weight is 440 g/mol. The number of para-hydroxylation sites is 2. The summed E-state index contributed by atoms with van der Waals surface area (Å²) >= 11 is 0. The van der Waals surface area contributed by atoms with Gasteiger partial charge in [0.25, 0.3) is 0 Å². The number of ether oxygens (including phenoxy) is 4. The number of nitrogens with zero attached hydrogens (tertiary/aromatic N) is 2. The van der Waals surface area contributed by atoms with Crippen molar-refractivity contribution in [2.24, 2.45) is 11.8 Å². The molecule has 1 saturated heterocycles. The summed E-state index contributed by atoms with van der Waals surface area (Å²) in [6.45, 7) is 0.646. The number of benzene rings is 3. The van der Waals surface area contributed by atoms with E-state index >= 15 is 0 Å². The third-order valence-corrected chi connectivity index (χ3v) is 7.04. The van der Waals surface area contributed by atoms with Crippen LogP contribution in [0, 0.1) is 11.8 Å². The zero-order valence-electron chi connectivity index (χ0n) is 17.9. The van der Waals surface area contributed by atoms with Crippen LogP contribution in [0.4, 0.5) is 0 Å². The largest absolute Gasteiger partial charge is 0.494 e. The molecule has 7 rings (SSSR count). The van der Waals surface area contributed by atoms with Crippen molar-refractivity contribution in [3.05, 3.63) is 65.2 Å². The number of hydrogen-bond donors (Lipinski definition) is 0. The Balaban J connectivity index is 1.48. The number of carbonyl (C=O) groups is 1. The second-order valence-corrected chi connectivity index (χ2v) is 8.81. The molecule has 0 N–H and O–H groups in total. The molecule has 7 nitrogen and oxygen atoms in total. The highest BCUT2D eigenvalue weighted by atomic mass is 16.7. The third kappa shape index (κ3) is 2.71. The van der Waals surface area contributed by atoms with E-state index in [1.54, 1.807) is 7.11 Å². The van der Waals surface area contributed by atoms with Gasteiger partial charge in [-0.15, -0.1) is 0 Å². The number of aromatic nitrogens is 2. The van der Waals surface area contributed by atoms with E-state index in [4.69, 9.17) is 28.9 Å². The summed E-state index contributed by atoms with van der Waals surface area (Å²) in [5, 5.41) is 0. The molecule has 0 radical (unpaired) electrons. The molecule has 4 aromatic rings. The molecule has 7 heteroatoms. The minimum atomic E-state index is -0.270. The number of esters is 1. The fourth-order valence-electron chi connectivity index (χ4n) is 5.55. The fourth-order valence-corrected chi connectivity index (χ4v) is 5.55. The van der Waals surface area contributed by atoms with E-state index in [-0.39, 0.29) is 30.5 Å². The standard InChI is InChI=1S/C26H20N2O5/c1-30-22-9-14(7-19-25(22)28-18-5-3-2-4-17(18)27-19)23-16-10-21-20(32-12-33-21)8-13(16)6-15-11-31-26(29)24(15)23/h2-5,7-10,15,23-24H,6,11-12H2,1H3/t15-,23+,24-/m0/s1. The first-order valence-corrected chi connectivity index (χ1v) is 11.0. The van der Waals surface area contributed by atoms with Gasteiger partial charge in [-0.05, 0) is 59.5 Å². The molecule has 0 spiro atoms. The maximum atomic E-state index is 12.9. The topological polar surface area (TPSA) is 79.8 Å².